The molecule has 8 nitrogen and oxygen atoms in total. The molecule has 4 rings (SSSR count). The summed E-state index contributed by atoms with van der Waals surface area (Å²) >= 11 is 0. The van der Waals surface area contributed by atoms with Crippen molar-refractivity contribution >= 4 is 11.6 Å². The fourth-order valence-corrected chi connectivity index (χ4v) is 3.51. The smallest absolute Gasteiger partial charge is 0.261 e. The molecule has 27 heavy (non-hydrogen) atoms. The molecule has 0 radical (unpaired) electrons. The molecule has 1 aliphatic carbocycles. The van der Waals surface area contributed by atoms with Crippen molar-refractivity contribution in [2.75, 3.05) is 0 Å². The number of nitrogens with one attached hydrogen (secondary N) is 1. The van der Waals surface area contributed by atoms with Gasteiger partial charge in [-0.25, -0.2) is 0 Å². The van der Waals surface area contributed by atoms with Crippen molar-refractivity contribution in [2.45, 2.75) is 58.4 Å². The number of carbonyl (C=O) groups excluding carboxylic acids is 1. The van der Waals surface area contributed by atoms with E-state index < -0.39 is 0 Å². The van der Waals surface area contributed by atoms with Crippen molar-refractivity contribution in [3.63, 3.8) is 0 Å². The van der Waals surface area contributed by atoms with E-state index in [-0.39, 0.29) is 17.7 Å². The molecule has 1 N–H and O–H groups in total. The first kappa shape index (κ1) is 17.6. The van der Waals surface area contributed by atoms with Crippen LogP contribution in [-0.4, -0.2) is 30.6 Å². The van der Waals surface area contributed by atoms with E-state index in [1.807, 2.05) is 36.6 Å². The topological polar surface area (TPSA) is 98.2 Å². The van der Waals surface area contributed by atoms with Crippen LogP contribution in [0.5, 0.6) is 0 Å². The molecule has 0 saturated heterocycles. The van der Waals surface area contributed by atoms with E-state index in [9.17, 15) is 4.79 Å². The Morgan fingerprint density at radius 3 is 2.85 bits per heavy atom. The summed E-state index contributed by atoms with van der Waals surface area (Å²) in [5.41, 5.74) is 1.37. The molecule has 1 aliphatic rings. The lowest BCUT2D eigenvalue weighted by atomic mass is 9.89. The number of carbonyl (C=O) groups is 1. The largest absolute Gasteiger partial charge is 0.349 e. The van der Waals surface area contributed by atoms with Crippen LogP contribution in [-0.2, 0) is 11.3 Å². The van der Waals surface area contributed by atoms with Gasteiger partial charge in [-0.2, -0.15) is 4.98 Å². The van der Waals surface area contributed by atoms with Crippen LogP contribution < -0.4 is 5.32 Å². The fourth-order valence-electron chi connectivity index (χ4n) is 3.51. The lowest BCUT2D eigenvalue weighted by Gasteiger charge is -2.20. The lowest BCUT2D eigenvalue weighted by Crippen LogP contribution is -2.32. The average molecular weight is 368 g/mol. The maximum Gasteiger partial charge on any atom is 0.261 e. The second-order valence-corrected chi connectivity index (χ2v) is 7.40. The van der Waals surface area contributed by atoms with Crippen LogP contribution in [0.2, 0.25) is 0 Å². The highest BCUT2D eigenvalue weighted by molar-refractivity contribution is 5.78. The third-order valence-electron chi connectivity index (χ3n) is 5.09. The van der Waals surface area contributed by atoms with Gasteiger partial charge < -0.3 is 9.84 Å². The van der Waals surface area contributed by atoms with Gasteiger partial charge in [-0.3, -0.25) is 9.20 Å². The van der Waals surface area contributed by atoms with E-state index in [0.29, 0.717) is 29.7 Å². The van der Waals surface area contributed by atoms with Gasteiger partial charge in [0.05, 0.1) is 12.1 Å². The number of rotatable bonds is 5. The van der Waals surface area contributed by atoms with Gasteiger partial charge in [-0.15, -0.1) is 10.2 Å². The van der Waals surface area contributed by atoms with Crippen LogP contribution in [0.1, 0.15) is 63.5 Å². The van der Waals surface area contributed by atoms with E-state index in [1.54, 1.807) is 0 Å². The first-order chi connectivity index (χ1) is 13.1. The van der Waals surface area contributed by atoms with Gasteiger partial charge in [-0.05, 0) is 25.0 Å². The molecule has 0 unspecified atom stereocenters. The summed E-state index contributed by atoms with van der Waals surface area (Å²) in [7, 11) is 0. The predicted molar refractivity (Wildman–Crippen MR) is 98.8 cm³/mol. The predicted octanol–water partition coefficient (Wildman–Crippen LogP) is 3.10. The maximum absolute atomic E-state index is 12.4. The normalized spacial score (nSPS) is 15.5. The first-order valence-electron chi connectivity index (χ1n) is 9.58. The van der Waals surface area contributed by atoms with Crippen molar-refractivity contribution in [2.24, 2.45) is 5.92 Å². The van der Waals surface area contributed by atoms with Crippen LogP contribution in [0.4, 0.5) is 0 Å². The van der Waals surface area contributed by atoms with Crippen LogP contribution in [0.3, 0.4) is 0 Å². The molecule has 3 aromatic rings. The Bertz CT molecular complexity index is 939. The van der Waals surface area contributed by atoms with E-state index in [1.165, 1.54) is 6.42 Å². The van der Waals surface area contributed by atoms with Gasteiger partial charge in [0.25, 0.3) is 5.89 Å². The zero-order chi connectivity index (χ0) is 18.8. The molecule has 0 spiro atoms. The number of hydrogen-bond acceptors (Lipinski definition) is 6. The number of nitrogens with zero attached hydrogens (tertiary/aromatic N) is 5. The number of fused-ring (bicyclic) bond motifs is 1. The average Bonchev–Trinajstić information content (AvgIpc) is 3.34. The zero-order valence-corrected chi connectivity index (χ0v) is 15.7. The monoisotopic (exact) mass is 368 g/mol. The van der Waals surface area contributed by atoms with Crippen LogP contribution in [0.25, 0.3) is 17.1 Å². The Kier molecular flexibility index (Phi) is 4.87. The van der Waals surface area contributed by atoms with Crippen LogP contribution >= 0.6 is 0 Å². The van der Waals surface area contributed by atoms with Crippen LogP contribution in [0, 0.1) is 5.92 Å². The molecule has 0 aromatic carbocycles. The van der Waals surface area contributed by atoms with Gasteiger partial charge in [0.2, 0.25) is 5.91 Å². The Balaban J connectivity index is 1.54. The molecule has 1 amide bonds. The minimum atomic E-state index is 0.112. The number of hydrogen-bond donors (Lipinski definition) is 1. The summed E-state index contributed by atoms with van der Waals surface area (Å²) in [5.74, 6) is 2.19. The highest BCUT2D eigenvalue weighted by atomic mass is 16.5. The van der Waals surface area contributed by atoms with Crippen LogP contribution in [0.15, 0.2) is 22.9 Å². The number of pyridine rings is 1. The lowest BCUT2D eigenvalue weighted by molar-refractivity contribution is -0.126. The Hall–Kier alpha value is -2.77. The van der Waals surface area contributed by atoms with Crippen molar-refractivity contribution in [1.29, 1.82) is 0 Å². The molecule has 1 saturated carbocycles. The van der Waals surface area contributed by atoms with Gasteiger partial charge in [0, 0.05) is 18.0 Å². The Morgan fingerprint density at radius 1 is 1.30 bits per heavy atom. The minimum absolute atomic E-state index is 0.112. The van der Waals surface area contributed by atoms with E-state index in [4.69, 9.17) is 4.52 Å². The van der Waals surface area contributed by atoms with E-state index in [2.05, 4.69) is 25.7 Å². The molecule has 8 heteroatoms. The zero-order valence-electron chi connectivity index (χ0n) is 15.7. The van der Waals surface area contributed by atoms with Crippen molar-refractivity contribution in [1.82, 2.24) is 30.1 Å². The summed E-state index contributed by atoms with van der Waals surface area (Å²) in [4.78, 5) is 16.8. The van der Waals surface area contributed by atoms with Gasteiger partial charge in [-0.1, -0.05) is 38.3 Å². The standard InChI is InChI=1S/C19H24N6O2/c1-12(2)16-21-19(27-24-16)14-9-6-10-25-15(22-23-17(14)25)11-20-18(26)13-7-4-3-5-8-13/h6,9-10,12-13H,3-5,7-8,11H2,1-2H3,(H,20,26). The summed E-state index contributed by atoms with van der Waals surface area (Å²) in [6, 6.07) is 3.77. The number of amides is 1. The summed E-state index contributed by atoms with van der Waals surface area (Å²) < 4.78 is 7.25. The quantitative estimate of drug-likeness (QED) is 0.743. The first-order valence-corrected chi connectivity index (χ1v) is 9.58. The van der Waals surface area contributed by atoms with E-state index >= 15 is 0 Å². The third kappa shape index (κ3) is 3.56. The number of aromatic nitrogens is 5. The molecule has 3 heterocycles. The fraction of sp³-hybridized carbons (Fsp3) is 0.526. The molecule has 3 aromatic heterocycles. The SMILES string of the molecule is CC(C)c1noc(-c2cccn3c(CNC(=O)C4CCCCC4)nnc23)n1. The molecule has 0 bridgehead atoms. The van der Waals surface area contributed by atoms with Gasteiger partial charge >= 0.3 is 0 Å². The third-order valence-corrected chi connectivity index (χ3v) is 5.09. The highest BCUT2D eigenvalue weighted by Gasteiger charge is 2.22. The minimum Gasteiger partial charge on any atom is -0.349 e. The summed E-state index contributed by atoms with van der Waals surface area (Å²) in [6.45, 7) is 4.37. The second-order valence-electron chi connectivity index (χ2n) is 7.40. The van der Waals surface area contributed by atoms with Crippen molar-refractivity contribution in [3.05, 3.63) is 30.0 Å². The Morgan fingerprint density at radius 2 is 2.11 bits per heavy atom. The van der Waals surface area contributed by atoms with Gasteiger partial charge in [0.1, 0.15) is 0 Å². The van der Waals surface area contributed by atoms with E-state index in [0.717, 1.165) is 31.2 Å². The molecule has 142 valence electrons. The summed E-state index contributed by atoms with van der Waals surface area (Å²) in [6.07, 6.45) is 7.34. The van der Waals surface area contributed by atoms with Gasteiger partial charge in [0.15, 0.2) is 17.3 Å². The van der Waals surface area contributed by atoms with Crippen molar-refractivity contribution in [3.8, 4) is 11.5 Å². The molecule has 1 fully saturated rings. The molecular formula is C19H24N6O2. The highest BCUT2D eigenvalue weighted by Crippen LogP contribution is 2.25. The Labute approximate surface area is 157 Å². The molecule has 0 aliphatic heterocycles. The maximum atomic E-state index is 12.4. The molecular weight excluding hydrogens is 344 g/mol. The van der Waals surface area contributed by atoms with Crippen molar-refractivity contribution < 1.29 is 9.32 Å². The second kappa shape index (κ2) is 7.46. The molecule has 0 atom stereocenters. The summed E-state index contributed by atoms with van der Waals surface area (Å²) in [5, 5.41) is 15.6.